The molecule has 1 atom stereocenters. The minimum atomic E-state index is -0.764. The molecule has 0 unspecified atom stereocenters. The van der Waals surface area contributed by atoms with Gasteiger partial charge in [-0.15, -0.1) is 0 Å². The van der Waals surface area contributed by atoms with Crippen LogP contribution in [-0.2, 0) is 14.3 Å². The minimum Gasteiger partial charge on any atom is -0.376 e. The van der Waals surface area contributed by atoms with Crippen LogP contribution >= 0.6 is 0 Å². The molecule has 0 aliphatic carbocycles. The zero-order valence-corrected chi connectivity index (χ0v) is 11.4. The van der Waals surface area contributed by atoms with E-state index in [0.29, 0.717) is 24.4 Å². The van der Waals surface area contributed by atoms with Crippen LogP contribution in [0.25, 0.3) is 0 Å². The van der Waals surface area contributed by atoms with Crippen LogP contribution in [0.5, 0.6) is 0 Å². The normalized spacial score (nSPS) is 17.2. The maximum absolute atomic E-state index is 11.7. The lowest BCUT2D eigenvalue weighted by molar-refractivity contribution is -0.136. The monoisotopic (exact) mass is 291 g/mol. The molecule has 0 aromatic heterocycles. The van der Waals surface area contributed by atoms with Crippen LogP contribution in [0.2, 0.25) is 0 Å². The fraction of sp³-hybridized carbons (Fsp3) is 0.357. The Kier molecular flexibility index (Phi) is 4.89. The largest absolute Gasteiger partial charge is 0.376 e. The van der Waals surface area contributed by atoms with E-state index in [-0.39, 0.29) is 6.10 Å². The average molecular weight is 291 g/mol. The third kappa shape index (κ3) is 4.28. The Morgan fingerprint density at radius 1 is 1.19 bits per heavy atom. The van der Waals surface area contributed by atoms with E-state index in [2.05, 4.69) is 10.6 Å². The second-order valence-electron chi connectivity index (χ2n) is 4.74. The molecule has 1 aliphatic rings. The van der Waals surface area contributed by atoms with E-state index in [1.807, 2.05) is 0 Å². The molecule has 21 heavy (non-hydrogen) atoms. The van der Waals surface area contributed by atoms with Crippen molar-refractivity contribution in [3.63, 3.8) is 0 Å². The van der Waals surface area contributed by atoms with E-state index in [1.165, 1.54) is 24.3 Å². The standard InChI is InChI=1S/C14H17N3O4/c15-12(18)9-3-5-10(6-4-9)17-14(20)13(19)16-8-11-2-1-7-21-11/h3-6,11H,1-2,7-8H2,(H2,15,18)(H,16,19)(H,17,20)/t11-/m1/s1. The van der Waals surface area contributed by atoms with Gasteiger partial charge in [-0.05, 0) is 37.1 Å². The molecular formula is C14H17N3O4. The van der Waals surface area contributed by atoms with Gasteiger partial charge in [-0.2, -0.15) is 0 Å². The average Bonchev–Trinajstić information content (AvgIpc) is 2.98. The number of ether oxygens (including phenoxy) is 1. The summed E-state index contributed by atoms with van der Waals surface area (Å²) in [5.41, 5.74) is 5.85. The highest BCUT2D eigenvalue weighted by Gasteiger charge is 2.19. The van der Waals surface area contributed by atoms with Crippen LogP contribution in [0.3, 0.4) is 0 Å². The van der Waals surface area contributed by atoms with Crippen molar-refractivity contribution in [2.75, 3.05) is 18.5 Å². The molecule has 1 fully saturated rings. The van der Waals surface area contributed by atoms with Gasteiger partial charge in [0.15, 0.2) is 0 Å². The van der Waals surface area contributed by atoms with E-state index in [9.17, 15) is 14.4 Å². The van der Waals surface area contributed by atoms with Crippen LogP contribution in [-0.4, -0.2) is 37.0 Å². The molecular weight excluding hydrogens is 274 g/mol. The summed E-state index contributed by atoms with van der Waals surface area (Å²) in [7, 11) is 0. The van der Waals surface area contributed by atoms with Crippen molar-refractivity contribution in [1.82, 2.24) is 5.32 Å². The molecule has 1 aromatic carbocycles. The summed E-state index contributed by atoms with van der Waals surface area (Å²) < 4.78 is 5.35. The first-order valence-electron chi connectivity index (χ1n) is 6.67. The van der Waals surface area contributed by atoms with Crippen LogP contribution < -0.4 is 16.4 Å². The fourth-order valence-corrected chi connectivity index (χ4v) is 2.00. The summed E-state index contributed by atoms with van der Waals surface area (Å²) in [6.45, 7) is 1.02. The second-order valence-corrected chi connectivity index (χ2v) is 4.74. The van der Waals surface area contributed by atoms with E-state index in [1.54, 1.807) is 0 Å². The first kappa shape index (κ1) is 15.0. The van der Waals surface area contributed by atoms with E-state index in [0.717, 1.165) is 12.8 Å². The highest BCUT2D eigenvalue weighted by molar-refractivity contribution is 6.39. The van der Waals surface area contributed by atoms with Crippen LogP contribution in [0, 0.1) is 0 Å². The Hall–Kier alpha value is -2.41. The predicted molar refractivity (Wildman–Crippen MR) is 75.6 cm³/mol. The van der Waals surface area contributed by atoms with E-state index in [4.69, 9.17) is 10.5 Å². The third-order valence-corrected chi connectivity index (χ3v) is 3.15. The number of nitrogens with two attached hydrogens (primary N) is 1. The molecule has 1 aliphatic heterocycles. The number of rotatable bonds is 4. The fourth-order valence-electron chi connectivity index (χ4n) is 2.00. The predicted octanol–water partition coefficient (Wildman–Crippen LogP) is 0.0192. The molecule has 3 amide bonds. The van der Waals surface area contributed by atoms with Gasteiger partial charge < -0.3 is 21.1 Å². The summed E-state index contributed by atoms with van der Waals surface area (Å²) >= 11 is 0. The second kappa shape index (κ2) is 6.85. The Bertz CT molecular complexity index is 536. The highest BCUT2D eigenvalue weighted by atomic mass is 16.5. The lowest BCUT2D eigenvalue weighted by Gasteiger charge is -2.10. The Labute approximate surface area is 121 Å². The lowest BCUT2D eigenvalue weighted by Crippen LogP contribution is -2.39. The molecule has 4 N–H and O–H groups in total. The topological polar surface area (TPSA) is 111 Å². The number of amides is 3. The molecule has 112 valence electrons. The van der Waals surface area contributed by atoms with Gasteiger partial charge in [-0.1, -0.05) is 0 Å². The molecule has 7 heteroatoms. The van der Waals surface area contributed by atoms with Crippen molar-refractivity contribution in [2.45, 2.75) is 18.9 Å². The van der Waals surface area contributed by atoms with Gasteiger partial charge in [0.1, 0.15) is 0 Å². The van der Waals surface area contributed by atoms with Gasteiger partial charge in [-0.3, -0.25) is 14.4 Å². The number of benzene rings is 1. The Morgan fingerprint density at radius 3 is 2.48 bits per heavy atom. The first-order valence-corrected chi connectivity index (χ1v) is 6.67. The summed E-state index contributed by atoms with van der Waals surface area (Å²) in [5, 5.41) is 4.96. The van der Waals surface area contributed by atoms with Crippen LogP contribution in [0.4, 0.5) is 5.69 Å². The molecule has 1 heterocycles. The number of carbonyl (C=O) groups is 3. The SMILES string of the molecule is NC(=O)c1ccc(NC(=O)C(=O)NC[C@H]2CCCO2)cc1. The van der Waals surface area contributed by atoms with Crippen molar-refractivity contribution in [3.05, 3.63) is 29.8 Å². The number of primary amides is 1. The van der Waals surface area contributed by atoms with E-state index < -0.39 is 17.7 Å². The van der Waals surface area contributed by atoms with Crippen molar-refractivity contribution in [2.24, 2.45) is 5.73 Å². The zero-order valence-electron chi connectivity index (χ0n) is 11.4. The molecule has 2 rings (SSSR count). The molecule has 7 nitrogen and oxygen atoms in total. The van der Waals surface area contributed by atoms with Crippen molar-refractivity contribution < 1.29 is 19.1 Å². The number of hydrogen-bond donors (Lipinski definition) is 3. The van der Waals surface area contributed by atoms with Crippen molar-refractivity contribution in [3.8, 4) is 0 Å². The summed E-state index contributed by atoms with van der Waals surface area (Å²) in [4.78, 5) is 34.2. The zero-order chi connectivity index (χ0) is 15.2. The van der Waals surface area contributed by atoms with Gasteiger partial charge in [-0.25, -0.2) is 0 Å². The molecule has 1 aromatic rings. The molecule has 0 saturated carbocycles. The Morgan fingerprint density at radius 2 is 1.90 bits per heavy atom. The number of anilines is 1. The quantitative estimate of drug-likeness (QED) is 0.679. The lowest BCUT2D eigenvalue weighted by atomic mass is 10.2. The molecule has 1 saturated heterocycles. The summed E-state index contributed by atoms with van der Waals surface area (Å²) in [6.07, 6.45) is 1.84. The summed E-state index contributed by atoms with van der Waals surface area (Å²) in [6, 6.07) is 5.96. The third-order valence-electron chi connectivity index (χ3n) is 3.15. The van der Waals surface area contributed by atoms with Gasteiger partial charge in [0.05, 0.1) is 6.10 Å². The molecule has 0 radical (unpaired) electrons. The van der Waals surface area contributed by atoms with E-state index >= 15 is 0 Å². The number of nitrogens with one attached hydrogen (secondary N) is 2. The Balaban J connectivity index is 1.82. The van der Waals surface area contributed by atoms with Crippen LogP contribution in [0.15, 0.2) is 24.3 Å². The molecule has 0 bridgehead atoms. The van der Waals surface area contributed by atoms with Gasteiger partial charge in [0.25, 0.3) is 0 Å². The maximum Gasteiger partial charge on any atom is 0.313 e. The summed E-state index contributed by atoms with van der Waals surface area (Å²) in [5.74, 6) is -2.04. The number of hydrogen-bond acceptors (Lipinski definition) is 4. The smallest absolute Gasteiger partial charge is 0.313 e. The highest BCUT2D eigenvalue weighted by Crippen LogP contribution is 2.11. The number of carbonyl (C=O) groups excluding carboxylic acids is 3. The van der Waals surface area contributed by atoms with Crippen molar-refractivity contribution >= 4 is 23.4 Å². The molecule has 0 spiro atoms. The first-order chi connectivity index (χ1) is 10.1. The van der Waals surface area contributed by atoms with Gasteiger partial charge in [0.2, 0.25) is 5.91 Å². The van der Waals surface area contributed by atoms with Crippen molar-refractivity contribution in [1.29, 1.82) is 0 Å². The van der Waals surface area contributed by atoms with Gasteiger partial charge in [0, 0.05) is 24.4 Å². The van der Waals surface area contributed by atoms with Crippen LogP contribution in [0.1, 0.15) is 23.2 Å². The maximum atomic E-state index is 11.7. The van der Waals surface area contributed by atoms with Gasteiger partial charge >= 0.3 is 11.8 Å². The minimum absolute atomic E-state index is 0.0170.